The highest BCUT2D eigenvalue weighted by atomic mass is 16.6. The van der Waals surface area contributed by atoms with Crippen LogP contribution in [0.4, 0.5) is 0 Å². The van der Waals surface area contributed by atoms with E-state index in [0.29, 0.717) is 83.3 Å². The van der Waals surface area contributed by atoms with Gasteiger partial charge < -0.3 is 95.1 Å². The predicted octanol–water partition coefficient (Wildman–Crippen LogP) is 20.7. The highest BCUT2D eigenvalue weighted by molar-refractivity contribution is 5.81. The molecule has 0 aromatic rings. The fourth-order valence-corrected chi connectivity index (χ4v) is 18.8. The van der Waals surface area contributed by atoms with Gasteiger partial charge >= 0.3 is 0 Å². The molecule has 23 heteroatoms. The van der Waals surface area contributed by atoms with Crippen LogP contribution in [0.25, 0.3) is 0 Å². The molecular weight excluding hydrogens is 1660 g/mol. The largest absolute Gasteiger partial charge is 0.381 e. The van der Waals surface area contributed by atoms with Gasteiger partial charge in [0.1, 0.15) is 0 Å². The lowest BCUT2D eigenvalue weighted by Gasteiger charge is -2.60. The molecule has 0 N–H and O–H groups in total. The molecule has 11 fully saturated rings. The lowest BCUT2D eigenvalue weighted by molar-refractivity contribution is -0.183. The summed E-state index contributed by atoms with van der Waals surface area (Å²) in [5.74, 6) is 2.22. The zero-order valence-corrected chi connectivity index (χ0v) is 90.2. The number of carbonyl (C=O) groups excluding carboxylic acids is 1. The molecule has 4 saturated heterocycles. The van der Waals surface area contributed by atoms with E-state index in [0.717, 1.165) is 279 Å². The Kier molecular flexibility index (Phi) is 48.2. The highest BCUT2D eigenvalue weighted by Gasteiger charge is 2.57. The van der Waals surface area contributed by atoms with Crippen molar-refractivity contribution >= 4 is 5.91 Å². The molecule has 0 aromatic carbocycles. The summed E-state index contributed by atoms with van der Waals surface area (Å²) in [5.41, 5.74) is 1.21. The van der Waals surface area contributed by atoms with Gasteiger partial charge in [0, 0.05) is 199 Å². The summed E-state index contributed by atoms with van der Waals surface area (Å²) in [6, 6.07) is 0. The first kappa shape index (κ1) is 117. The molecule has 0 bridgehead atoms. The molecule has 11 aliphatic rings. The number of rotatable bonds is 51. The maximum absolute atomic E-state index is 12.6. The van der Waals surface area contributed by atoms with Gasteiger partial charge in [-0.3, -0.25) is 14.6 Å². The van der Waals surface area contributed by atoms with Gasteiger partial charge in [-0.15, -0.1) is 0 Å². The quantitative estimate of drug-likeness (QED) is 0.0521. The number of amides is 1. The summed E-state index contributed by atoms with van der Waals surface area (Å²) in [5, 5.41) is 0. The van der Waals surface area contributed by atoms with Crippen LogP contribution in [0.15, 0.2) is 0 Å². The molecular formula is C108H206N4O19. The number of unbranched alkanes of at least 4 members (excludes halogenated alkanes) is 2. The first-order chi connectivity index (χ1) is 60.9. The summed E-state index contributed by atoms with van der Waals surface area (Å²) < 4.78 is 105. The van der Waals surface area contributed by atoms with Crippen molar-refractivity contribution in [1.82, 2.24) is 19.6 Å². The van der Waals surface area contributed by atoms with E-state index >= 15 is 0 Å². The second-order valence-electron chi connectivity index (χ2n) is 51.0. The van der Waals surface area contributed by atoms with Crippen LogP contribution in [0, 0.1) is 28.6 Å². The average Bonchev–Trinajstić information content (AvgIpc) is 0.728. The lowest BCUT2D eigenvalue weighted by Crippen LogP contribution is -2.66. The van der Waals surface area contributed by atoms with Gasteiger partial charge in [0.15, 0.2) is 0 Å². The molecule has 0 unspecified atom stereocenters. The van der Waals surface area contributed by atoms with E-state index in [1.165, 1.54) is 64.8 Å². The van der Waals surface area contributed by atoms with E-state index in [9.17, 15) is 4.79 Å². The number of likely N-dealkylation sites (tertiary alicyclic amines) is 4. The van der Waals surface area contributed by atoms with Gasteiger partial charge in [-0.25, -0.2) is 0 Å². The van der Waals surface area contributed by atoms with Gasteiger partial charge in [-0.1, -0.05) is 0 Å². The van der Waals surface area contributed by atoms with Crippen LogP contribution in [-0.2, 0) is 90.1 Å². The summed E-state index contributed by atoms with van der Waals surface area (Å²) in [6.45, 7) is 88.1. The van der Waals surface area contributed by atoms with Gasteiger partial charge in [0.2, 0.25) is 5.91 Å². The third-order valence-electron chi connectivity index (χ3n) is 26.0. The zero-order valence-electron chi connectivity index (χ0n) is 90.2. The molecule has 7 aliphatic carbocycles. The minimum Gasteiger partial charge on any atom is -0.381 e. The monoisotopic (exact) mass is 1860 g/mol. The Balaban J connectivity index is 0.000000224. The van der Waals surface area contributed by atoms with Gasteiger partial charge in [0.05, 0.1) is 112 Å². The maximum Gasteiger partial charge on any atom is 0.225 e. The van der Waals surface area contributed by atoms with E-state index < -0.39 is 0 Å². The average molecular weight is 1860 g/mol. The van der Waals surface area contributed by atoms with E-state index in [4.69, 9.17) is 85.3 Å². The number of carbonyl (C=O) groups is 1. The molecule has 7 saturated carbocycles. The van der Waals surface area contributed by atoms with Gasteiger partial charge in [-0.05, 0) is 380 Å². The zero-order chi connectivity index (χ0) is 96.8. The van der Waals surface area contributed by atoms with Crippen LogP contribution in [0.1, 0.15) is 368 Å². The van der Waals surface area contributed by atoms with Crippen LogP contribution in [0.3, 0.4) is 0 Å². The number of nitrogens with zero attached hydrogens (tertiary/aromatic N) is 4. The standard InChI is InChI=1S/C23H41NO4.C23H45NO4.C23H43NO3.C21H41NO4.C18H36O4/c1-21(2,3)27-10-8-7-9-26-19-13-23(14-19)15-24(16-23)20(25)17-11-18(12-17)28-22(4,5)6;1-22(2,3)24-17-19(18-24)9-14-26-11-7-10-25-12-8-13-27-20-15-21(16-20)28-23(4,5)6;1-21(2,3)26-10-8-7-9-25-20-13-23(14-20)16-24(17-23)15-18-11-19(12-18)27-22(4,5)6;1-20(2,3)22-15-19(16-22)25-12-8-10-23-9-7-11-24-17-13-18(14-17)26-21(4,5)6;1-17(2,3)21-12-8-10-19-9-7-11-20-15-13-16(14-15)22-18(4,5)6/h17-19H,7-16H2,1-6H3;19-21H,7-18H2,1-6H3;18-20H,7-17H2,1-6H3;17-19H,7-16H2,1-6H3;15-16H,7-14H2,1-6H3. The second-order valence-corrected chi connectivity index (χ2v) is 51.0. The van der Waals surface area contributed by atoms with Crippen molar-refractivity contribution in [2.24, 2.45) is 28.6 Å². The van der Waals surface area contributed by atoms with Crippen molar-refractivity contribution in [2.75, 3.05) is 171 Å². The molecule has 0 aromatic heterocycles. The van der Waals surface area contributed by atoms with Crippen molar-refractivity contribution < 1.29 is 90.1 Å². The second kappa shape index (κ2) is 54.2. The van der Waals surface area contributed by atoms with Crippen LogP contribution in [-0.4, -0.2) is 320 Å². The van der Waals surface area contributed by atoms with Crippen molar-refractivity contribution in [1.29, 1.82) is 0 Å². The Morgan fingerprint density at radius 2 is 0.527 bits per heavy atom. The topological polar surface area (TPSA) is 196 Å². The van der Waals surface area contributed by atoms with Crippen LogP contribution in [0.5, 0.6) is 0 Å². The van der Waals surface area contributed by atoms with Gasteiger partial charge in [0.25, 0.3) is 0 Å². The summed E-state index contributed by atoms with van der Waals surface area (Å²) in [7, 11) is 0. The molecule has 2 spiro atoms. The SMILES string of the molecule is CC(C)(C)OC1CC(OCCCOCCCOC2CN(C(C)(C)C)C2)C1.CC(C)(C)OC1CC(OCCCOCCCOCCC2CN(C(C)(C)C)C2)C1.CC(C)(C)OCCCCOC1CC2(C1)CN(C(=O)C1CC(OC(C)(C)C)C1)C2.CC(C)(C)OCCCCOC1CC2(C1)CN(CC1CC(OC(C)(C)C)C1)C2.CC(C)(C)OCCCOCCCOC1CC(OC(C)(C)C)C1. The summed E-state index contributed by atoms with van der Waals surface area (Å²) in [6.07, 6.45) is 31.0. The fourth-order valence-electron chi connectivity index (χ4n) is 18.8. The van der Waals surface area contributed by atoms with Crippen LogP contribution >= 0.6 is 0 Å². The number of hydrogen-bond acceptors (Lipinski definition) is 22. The van der Waals surface area contributed by atoms with E-state index in [1.807, 2.05) is 0 Å². The van der Waals surface area contributed by atoms with Crippen molar-refractivity contribution in [3.63, 3.8) is 0 Å². The highest BCUT2D eigenvalue weighted by Crippen LogP contribution is 2.52. The molecule has 0 atom stereocenters. The van der Waals surface area contributed by atoms with Crippen molar-refractivity contribution in [3.8, 4) is 0 Å². The Bertz CT molecular complexity index is 3010. The van der Waals surface area contributed by atoms with E-state index in [2.05, 4.69) is 227 Å². The first-order valence-electron chi connectivity index (χ1n) is 52.7. The van der Waals surface area contributed by atoms with Gasteiger partial charge in [-0.2, -0.15) is 0 Å². The molecule has 4 heterocycles. The van der Waals surface area contributed by atoms with Crippen LogP contribution in [0.2, 0.25) is 0 Å². The first-order valence-corrected chi connectivity index (χ1v) is 52.7. The van der Waals surface area contributed by atoms with E-state index in [-0.39, 0.29) is 62.4 Å². The Hall–Kier alpha value is -1.37. The van der Waals surface area contributed by atoms with Crippen molar-refractivity contribution in [3.05, 3.63) is 0 Å². The molecule has 131 heavy (non-hydrogen) atoms. The minimum atomic E-state index is -0.111. The Morgan fingerprint density at radius 3 is 0.863 bits per heavy atom. The molecule has 4 aliphatic heterocycles. The fraction of sp³-hybridized carbons (Fsp3) is 0.991. The van der Waals surface area contributed by atoms with Crippen LogP contribution < -0.4 is 0 Å². The molecule has 0 radical (unpaired) electrons. The number of ether oxygens (including phenoxy) is 18. The molecule has 772 valence electrons. The van der Waals surface area contributed by atoms with Crippen molar-refractivity contribution in [2.45, 2.75) is 491 Å². The molecule has 11 rings (SSSR count). The normalized spacial score (nSPS) is 26.1. The molecule has 23 nitrogen and oxygen atoms in total. The third-order valence-corrected chi connectivity index (χ3v) is 26.0. The van der Waals surface area contributed by atoms with E-state index in [1.54, 1.807) is 0 Å². The third kappa shape index (κ3) is 50.2. The summed E-state index contributed by atoms with van der Waals surface area (Å²) >= 11 is 0. The smallest absolute Gasteiger partial charge is 0.225 e. The molecule has 1 amide bonds. The predicted molar refractivity (Wildman–Crippen MR) is 528 cm³/mol. The summed E-state index contributed by atoms with van der Waals surface area (Å²) in [4.78, 5) is 22.3. The maximum atomic E-state index is 12.6. The Morgan fingerprint density at radius 1 is 0.260 bits per heavy atom. The Labute approximate surface area is 802 Å². The minimum absolute atomic E-state index is 0.0109. The number of hydrogen-bond donors (Lipinski definition) is 0. The lowest BCUT2D eigenvalue weighted by atomic mass is 9.61.